The first-order valence-corrected chi connectivity index (χ1v) is 8.69. The van der Waals surface area contributed by atoms with E-state index in [1.807, 2.05) is 6.92 Å². The highest BCUT2D eigenvalue weighted by Gasteiger charge is 2.31. The van der Waals surface area contributed by atoms with Crippen molar-refractivity contribution in [3.05, 3.63) is 33.4 Å². The van der Waals surface area contributed by atoms with Gasteiger partial charge in [-0.25, -0.2) is 4.79 Å². The maximum atomic E-state index is 12.4. The summed E-state index contributed by atoms with van der Waals surface area (Å²) >= 11 is 8.52. The molecule has 0 saturated heterocycles. The van der Waals surface area contributed by atoms with E-state index >= 15 is 0 Å². The van der Waals surface area contributed by atoms with E-state index < -0.39 is 12.0 Å². The molecule has 0 aromatic heterocycles. The van der Waals surface area contributed by atoms with Crippen molar-refractivity contribution >= 4 is 39.2 Å². The van der Waals surface area contributed by atoms with Crippen molar-refractivity contribution in [2.75, 3.05) is 13.2 Å². The Morgan fingerprint density at radius 1 is 1.38 bits per heavy atom. The summed E-state index contributed by atoms with van der Waals surface area (Å²) in [5.41, 5.74) is 1.78. The molecule has 2 rings (SSSR count). The van der Waals surface area contributed by atoms with Gasteiger partial charge in [0.05, 0.1) is 29.3 Å². The predicted molar refractivity (Wildman–Crippen MR) is 97.9 cm³/mol. The minimum absolute atomic E-state index is 0.00972. The van der Waals surface area contributed by atoms with Gasteiger partial charge in [-0.3, -0.25) is 0 Å². The van der Waals surface area contributed by atoms with Crippen LogP contribution in [0.15, 0.2) is 27.9 Å². The molecule has 1 aliphatic rings. The number of carbonyl (C=O) groups excluding carboxylic acids is 1. The summed E-state index contributed by atoms with van der Waals surface area (Å²) < 4.78 is 11.1. The molecule has 0 aliphatic carbocycles. The van der Waals surface area contributed by atoms with Crippen molar-refractivity contribution < 1.29 is 19.4 Å². The number of hydrogen-bond acceptors (Lipinski definition) is 5. The molecule has 1 heterocycles. The second-order valence-corrected chi connectivity index (χ2v) is 6.34. The molecule has 6 nitrogen and oxygen atoms in total. The van der Waals surface area contributed by atoms with Crippen LogP contribution in [0.25, 0.3) is 0 Å². The minimum Gasteiger partial charge on any atom is -0.503 e. The van der Waals surface area contributed by atoms with Gasteiger partial charge in [0.1, 0.15) is 0 Å². The average molecular weight is 415 g/mol. The Morgan fingerprint density at radius 3 is 2.71 bits per heavy atom. The fourth-order valence-corrected chi connectivity index (χ4v) is 3.18. The third kappa shape index (κ3) is 3.81. The van der Waals surface area contributed by atoms with Crippen LogP contribution in [0.3, 0.4) is 0 Å². The molecular weight excluding hydrogens is 396 g/mol. The highest BCUT2D eigenvalue weighted by molar-refractivity contribution is 9.10. The number of halogens is 1. The van der Waals surface area contributed by atoms with E-state index in [1.165, 1.54) is 0 Å². The van der Waals surface area contributed by atoms with E-state index in [4.69, 9.17) is 21.7 Å². The fourth-order valence-electron chi connectivity index (χ4n) is 2.45. The topological polar surface area (TPSA) is 79.8 Å². The highest BCUT2D eigenvalue weighted by Crippen LogP contribution is 2.39. The Labute approximate surface area is 154 Å². The summed E-state index contributed by atoms with van der Waals surface area (Å²) in [5, 5.41) is 16.5. The number of phenols is 1. The largest absolute Gasteiger partial charge is 0.503 e. The molecule has 0 spiro atoms. The normalized spacial score (nSPS) is 17.2. The third-order valence-electron chi connectivity index (χ3n) is 3.45. The van der Waals surface area contributed by atoms with Gasteiger partial charge in [-0.15, -0.1) is 0 Å². The van der Waals surface area contributed by atoms with E-state index in [1.54, 1.807) is 26.0 Å². The van der Waals surface area contributed by atoms with E-state index in [0.717, 1.165) is 5.56 Å². The lowest BCUT2D eigenvalue weighted by molar-refractivity contribution is -0.139. The van der Waals surface area contributed by atoms with Gasteiger partial charge >= 0.3 is 5.97 Å². The standard InChI is InChI=1S/C16H19BrN2O4S/c1-4-22-11-7-9(6-10(17)14(11)20)13-12(15(21)23-5-2)8(3)18-16(24)19-13/h6-7,13,20H,4-5H2,1-3H3,(H2,18,19,24)/t13-/m0/s1. The van der Waals surface area contributed by atoms with Crippen LogP contribution in [0.4, 0.5) is 0 Å². The van der Waals surface area contributed by atoms with Gasteiger partial charge in [0, 0.05) is 5.70 Å². The number of ether oxygens (including phenoxy) is 2. The molecule has 24 heavy (non-hydrogen) atoms. The van der Waals surface area contributed by atoms with Gasteiger partial charge < -0.3 is 25.2 Å². The number of aromatic hydroxyl groups is 1. The highest BCUT2D eigenvalue weighted by atomic mass is 79.9. The van der Waals surface area contributed by atoms with Crippen LogP contribution in [0.1, 0.15) is 32.4 Å². The van der Waals surface area contributed by atoms with Crippen molar-refractivity contribution in [2.24, 2.45) is 0 Å². The summed E-state index contributed by atoms with van der Waals surface area (Å²) in [5.74, 6) is -0.0888. The lowest BCUT2D eigenvalue weighted by atomic mass is 9.95. The first kappa shape index (κ1) is 18.5. The molecule has 0 fully saturated rings. The molecule has 0 unspecified atom stereocenters. The molecule has 1 aliphatic heterocycles. The number of carbonyl (C=O) groups is 1. The first-order chi connectivity index (χ1) is 11.4. The van der Waals surface area contributed by atoms with Gasteiger partial charge in [-0.05, 0) is 66.6 Å². The molecule has 0 radical (unpaired) electrons. The van der Waals surface area contributed by atoms with E-state index in [2.05, 4.69) is 26.6 Å². The summed E-state index contributed by atoms with van der Waals surface area (Å²) in [6.07, 6.45) is 0. The zero-order valence-electron chi connectivity index (χ0n) is 13.6. The van der Waals surface area contributed by atoms with Crippen molar-refractivity contribution in [3.8, 4) is 11.5 Å². The summed E-state index contributed by atoms with van der Waals surface area (Å²) in [7, 11) is 0. The Kier molecular flexibility index (Phi) is 6.06. The Balaban J connectivity index is 2.53. The van der Waals surface area contributed by atoms with Gasteiger partial charge in [-0.2, -0.15) is 0 Å². The summed E-state index contributed by atoms with van der Waals surface area (Å²) in [6.45, 7) is 6.02. The SMILES string of the molecule is CCOC(=O)C1=C(C)NC(=S)N[C@H]1c1cc(Br)c(O)c(OCC)c1. The van der Waals surface area contributed by atoms with Crippen molar-refractivity contribution in [2.45, 2.75) is 26.8 Å². The van der Waals surface area contributed by atoms with Gasteiger partial charge in [0.15, 0.2) is 16.6 Å². The number of esters is 1. The molecule has 130 valence electrons. The molecule has 0 saturated carbocycles. The van der Waals surface area contributed by atoms with Crippen LogP contribution >= 0.6 is 28.1 Å². The number of rotatable bonds is 5. The summed E-state index contributed by atoms with van der Waals surface area (Å²) in [4.78, 5) is 12.4. The Hall–Kier alpha value is -1.80. The monoisotopic (exact) mass is 414 g/mol. The maximum absolute atomic E-state index is 12.4. The lowest BCUT2D eigenvalue weighted by Gasteiger charge is -2.30. The van der Waals surface area contributed by atoms with Crippen molar-refractivity contribution in [1.82, 2.24) is 10.6 Å². The second kappa shape index (κ2) is 7.85. The third-order valence-corrected chi connectivity index (χ3v) is 4.27. The molecule has 8 heteroatoms. The molecular formula is C16H19BrN2O4S. The minimum atomic E-state index is -0.506. The van der Waals surface area contributed by atoms with Gasteiger partial charge in [0.25, 0.3) is 0 Å². The first-order valence-electron chi connectivity index (χ1n) is 7.49. The molecule has 0 bridgehead atoms. The van der Waals surface area contributed by atoms with Gasteiger partial charge in [-0.1, -0.05) is 0 Å². The Morgan fingerprint density at radius 2 is 2.08 bits per heavy atom. The van der Waals surface area contributed by atoms with Crippen LogP contribution in [-0.2, 0) is 9.53 Å². The number of phenolic OH excluding ortho intramolecular Hbond substituents is 1. The number of nitrogens with one attached hydrogen (secondary N) is 2. The van der Waals surface area contributed by atoms with E-state index in [-0.39, 0.29) is 12.4 Å². The van der Waals surface area contributed by atoms with Crippen molar-refractivity contribution in [3.63, 3.8) is 0 Å². The number of hydrogen-bond donors (Lipinski definition) is 3. The number of allylic oxidation sites excluding steroid dienone is 1. The number of thiocarbonyl (C=S) groups is 1. The van der Waals surface area contributed by atoms with Crippen LogP contribution in [-0.4, -0.2) is 29.4 Å². The molecule has 3 N–H and O–H groups in total. The van der Waals surface area contributed by atoms with E-state index in [9.17, 15) is 9.90 Å². The zero-order chi connectivity index (χ0) is 17.9. The molecule has 1 atom stereocenters. The molecule has 1 aromatic rings. The quantitative estimate of drug-likeness (QED) is 0.504. The molecule has 1 aromatic carbocycles. The fraction of sp³-hybridized carbons (Fsp3) is 0.375. The van der Waals surface area contributed by atoms with Crippen LogP contribution < -0.4 is 15.4 Å². The molecule has 0 amide bonds. The van der Waals surface area contributed by atoms with E-state index in [0.29, 0.717) is 33.2 Å². The van der Waals surface area contributed by atoms with Crippen molar-refractivity contribution in [1.29, 1.82) is 0 Å². The van der Waals surface area contributed by atoms with Gasteiger partial charge in [0.2, 0.25) is 0 Å². The van der Waals surface area contributed by atoms with Crippen LogP contribution in [0, 0.1) is 0 Å². The van der Waals surface area contributed by atoms with Crippen LogP contribution in [0.2, 0.25) is 0 Å². The summed E-state index contributed by atoms with van der Waals surface area (Å²) in [6, 6.07) is 2.89. The lowest BCUT2D eigenvalue weighted by Crippen LogP contribution is -2.45. The maximum Gasteiger partial charge on any atom is 0.338 e. The smallest absolute Gasteiger partial charge is 0.338 e. The zero-order valence-corrected chi connectivity index (χ0v) is 16.0. The second-order valence-electron chi connectivity index (χ2n) is 5.07. The van der Waals surface area contributed by atoms with Crippen LogP contribution in [0.5, 0.6) is 11.5 Å². The number of benzene rings is 1. The predicted octanol–water partition coefficient (Wildman–Crippen LogP) is 2.91. The average Bonchev–Trinajstić information content (AvgIpc) is 2.51. The Bertz CT molecular complexity index is 706.